The van der Waals surface area contributed by atoms with E-state index in [-0.39, 0.29) is 16.8 Å². The molecule has 0 saturated carbocycles. The van der Waals surface area contributed by atoms with Gasteiger partial charge >= 0.3 is 6.01 Å². The number of amides is 1. The Hall–Kier alpha value is -2.82. The number of anilines is 1. The minimum absolute atomic E-state index is 0.0455. The summed E-state index contributed by atoms with van der Waals surface area (Å²) < 4.78 is 30.7. The summed E-state index contributed by atoms with van der Waals surface area (Å²) in [5.41, 5.74) is 0.537. The van der Waals surface area contributed by atoms with E-state index in [9.17, 15) is 13.2 Å². The fourth-order valence-corrected chi connectivity index (χ4v) is 3.58. The van der Waals surface area contributed by atoms with E-state index in [4.69, 9.17) is 4.42 Å². The van der Waals surface area contributed by atoms with E-state index in [0.717, 1.165) is 9.18 Å². The van der Waals surface area contributed by atoms with Gasteiger partial charge in [0.25, 0.3) is 5.91 Å². The van der Waals surface area contributed by atoms with Gasteiger partial charge in [0, 0.05) is 30.6 Å². The number of benzene rings is 1. The summed E-state index contributed by atoms with van der Waals surface area (Å²) in [7, 11) is -0.586. The van der Waals surface area contributed by atoms with E-state index in [0.29, 0.717) is 5.56 Å². The lowest BCUT2D eigenvalue weighted by Crippen LogP contribution is -2.22. The number of nitrogens with zero attached hydrogens (tertiary/aromatic N) is 3. The Kier molecular flexibility index (Phi) is 5.49. The van der Waals surface area contributed by atoms with E-state index in [2.05, 4.69) is 15.5 Å². The van der Waals surface area contributed by atoms with Crippen molar-refractivity contribution in [2.24, 2.45) is 0 Å². The Morgan fingerprint density at radius 1 is 1.19 bits per heavy atom. The van der Waals surface area contributed by atoms with Crippen LogP contribution in [0, 0.1) is 0 Å². The standard InChI is InChI=1S/C17H16N4O4S2/c1-21(2)27(23,24)14-8-5-12(6-9-14)16-19-20-17(25-16)18-15(22)10-7-13-4-3-11-26-13/h3-11H,1-2H3,(H,18,20,22). The molecule has 1 aromatic carbocycles. The number of rotatable bonds is 6. The molecule has 140 valence electrons. The van der Waals surface area contributed by atoms with Crippen LogP contribution >= 0.6 is 11.3 Å². The van der Waals surface area contributed by atoms with Gasteiger partial charge in [-0.3, -0.25) is 10.1 Å². The summed E-state index contributed by atoms with van der Waals surface area (Å²) in [6, 6.07) is 9.77. The van der Waals surface area contributed by atoms with Crippen molar-refractivity contribution in [3.63, 3.8) is 0 Å². The maximum Gasteiger partial charge on any atom is 0.322 e. The Labute approximate surface area is 160 Å². The van der Waals surface area contributed by atoms with Gasteiger partial charge < -0.3 is 4.42 Å². The van der Waals surface area contributed by atoms with Gasteiger partial charge in [-0.1, -0.05) is 11.2 Å². The number of thiophene rings is 1. The van der Waals surface area contributed by atoms with Crippen LogP contribution in [-0.2, 0) is 14.8 Å². The lowest BCUT2D eigenvalue weighted by atomic mass is 10.2. The summed E-state index contributed by atoms with van der Waals surface area (Å²) in [4.78, 5) is 13.0. The maximum atomic E-state index is 12.1. The van der Waals surface area contributed by atoms with Crippen LogP contribution in [0.3, 0.4) is 0 Å². The largest absolute Gasteiger partial charge is 0.403 e. The fraction of sp³-hybridized carbons (Fsp3) is 0.118. The van der Waals surface area contributed by atoms with Crippen molar-refractivity contribution >= 4 is 39.4 Å². The minimum Gasteiger partial charge on any atom is -0.403 e. The van der Waals surface area contributed by atoms with Gasteiger partial charge in [-0.2, -0.15) is 0 Å². The highest BCUT2D eigenvalue weighted by molar-refractivity contribution is 7.89. The van der Waals surface area contributed by atoms with E-state index in [1.54, 1.807) is 18.2 Å². The van der Waals surface area contributed by atoms with Crippen molar-refractivity contribution in [2.75, 3.05) is 19.4 Å². The molecule has 2 aromatic heterocycles. The molecular weight excluding hydrogens is 388 g/mol. The Balaban J connectivity index is 1.69. The van der Waals surface area contributed by atoms with Crippen LogP contribution in [-0.4, -0.2) is 42.9 Å². The molecule has 1 amide bonds. The molecule has 0 bridgehead atoms. The van der Waals surface area contributed by atoms with Gasteiger partial charge in [0.2, 0.25) is 15.9 Å². The number of aromatic nitrogens is 2. The lowest BCUT2D eigenvalue weighted by molar-refractivity contribution is -0.112. The number of hydrogen-bond donors (Lipinski definition) is 1. The molecule has 8 nitrogen and oxygen atoms in total. The fourth-order valence-electron chi connectivity index (χ4n) is 2.06. The molecule has 2 heterocycles. The topological polar surface area (TPSA) is 105 Å². The molecule has 0 aliphatic carbocycles. The summed E-state index contributed by atoms with van der Waals surface area (Å²) in [6.07, 6.45) is 3.05. The number of carbonyl (C=O) groups is 1. The lowest BCUT2D eigenvalue weighted by Gasteiger charge is -2.11. The van der Waals surface area contributed by atoms with Gasteiger partial charge in [0.15, 0.2) is 0 Å². The predicted octanol–water partition coefficient (Wildman–Crippen LogP) is 2.70. The van der Waals surface area contributed by atoms with E-state index < -0.39 is 15.9 Å². The molecule has 3 aromatic rings. The van der Waals surface area contributed by atoms with E-state index in [1.165, 1.54) is 43.6 Å². The van der Waals surface area contributed by atoms with Crippen LogP contribution in [0.15, 0.2) is 57.2 Å². The number of sulfonamides is 1. The van der Waals surface area contributed by atoms with Crippen LogP contribution in [0.1, 0.15) is 4.88 Å². The monoisotopic (exact) mass is 404 g/mol. The van der Waals surface area contributed by atoms with Crippen molar-refractivity contribution in [1.29, 1.82) is 0 Å². The molecule has 0 atom stereocenters. The first-order chi connectivity index (χ1) is 12.9. The highest BCUT2D eigenvalue weighted by Gasteiger charge is 2.17. The number of hydrogen-bond acceptors (Lipinski definition) is 7. The quantitative estimate of drug-likeness (QED) is 0.633. The van der Waals surface area contributed by atoms with Crippen molar-refractivity contribution in [3.05, 3.63) is 52.7 Å². The molecule has 0 saturated heterocycles. The van der Waals surface area contributed by atoms with Crippen molar-refractivity contribution in [3.8, 4) is 11.5 Å². The van der Waals surface area contributed by atoms with Gasteiger partial charge in [-0.05, 0) is 41.8 Å². The first-order valence-corrected chi connectivity index (χ1v) is 10.1. The second kappa shape index (κ2) is 7.82. The normalized spacial score (nSPS) is 12.0. The first-order valence-electron chi connectivity index (χ1n) is 7.75. The van der Waals surface area contributed by atoms with Gasteiger partial charge in [-0.15, -0.1) is 16.4 Å². The van der Waals surface area contributed by atoms with Crippen LogP contribution in [0.5, 0.6) is 0 Å². The Bertz CT molecular complexity index is 1050. The zero-order valence-electron chi connectivity index (χ0n) is 14.5. The second-order valence-corrected chi connectivity index (χ2v) is 8.69. The zero-order chi connectivity index (χ0) is 19.4. The van der Waals surface area contributed by atoms with Crippen LogP contribution < -0.4 is 5.32 Å². The molecule has 0 aliphatic heterocycles. The third-order valence-corrected chi connectivity index (χ3v) is 6.14. The Morgan fingerprint density at radius 3 is 2.56 bits per heavy atom. The molecule has 0 unspecified atom stereocenters. The van der Waals surface area contributed by atoms with Gasteiger partial charge in [0.05, 0.1) is 4.90 Å². The second-order valence-electron chi connectivity index (χ2n) is 5.56. The molecule has 27 heavy (non-hydrogen) atoms. The molecule has 3 rings (SSSR count). The average Bonchev–Trinajstić information content (AvgIpc) is 3.32. The number of nitrogens with one attached hydrogen (secondary N) is 1. The van der Waals surface area contributed by atoms with Gasteiger partial charge in [0.1, 0.15) is 0 Å². The maximum absolute atomic E-state index is 12.1. The first kappa shape index (κ1) is 19.0. The van der Waals surface area contributed by atoms with E-state index in [1.807, 2.05) is 17.5 Å². The molecule has 0 fully saturated rings. The van der Waals surface area contributed by atoms with E-state index >= 15 is 0 Å². The molecule has 0 spiro atoms. The summed E-state index contributed by atoms with van der Waals surface area (Å²) in [6.45, 7) is 0. The zero-order valence-corrected chi connectivity index (χ0v) is 16.1. The molecule has 10 heteroatoms. The minimum atomic E-state index is -3.51. The van der Waals surface area contributed by atoms with Crippen molar-refractivity contribution in [1.82, 2.24) is 14.5 Å². The predicted molar refractivity (Wildman–Crippen MR) is 103 cm³/mol. The highest BCUT2D eigenvalue weighted by Crippen LogP contribution is 2.22. The molecule has 0 radical (unpaired) electrons. The van der Waals surface area contributed by atoms with Crippen LogP contribution in [0.4, 0.5) is 6.01 Å². The number of carbonyl (C=O) groups excluding carboxylic acids is 1. The smallest absolute Gasteiger partial charge is 0.322 e. The molecular formula is C17H16N4O4S2. The van der Waals surface area contributed by atoms with Crippen molar-refractivity contribution < 1.29 is 17.6 Å². The summed E-state index contributed by atoms with van der Waals surface area (Å²) in [5, 5.41) is 12.0. The SMILES string of the molecule is CN(C)S(=O)(=O)c1ccc(-c2nnc(NC(=O)C=Cc3cccs3)o2)cc1. The third kappa shape index (κ3) is 4.48. The molecule has 0 aliphatic rings. The van der Waals surface area contributed by atoms with Gasteiger partial charge in [-0.25, -0.2) is 12.7 Å². The highest BCUT2D eigenvalue weighted by atomic mass is 32.2. The summed E-state index contributed by atoms with van der Waals surface area (Å²) >= 11 is 1.51. The molecule has 1 N–H and O–H groups in total. The van der Waals surface area contributed by atoms with Crippen molar-refractivity contribution in [2.45, 2.75) is 4.90 Å². The summed E-state index contributed by atoms with van der Waals surface area (Å²) in [5.74, 6) is -0.229. The Morgan fingerprint density at radius 2 is 1.93 bits per heavy atom. The van der Waals surface area contributed by atoms with Crippen LogP contribution in [0.2, 0.25) is 0 Å². The third-order valence-electron chi connectivity index (χ3n) is 3.48. The average molecular weight is 404 g/mol. The van der Waals surface area contributed by atoms with Crippen LogP contribution in [0.25, 0.3) is 17.5 Å².